The number of aliphatic carboxylic acids is 2. The molecule has 0 unspecified atom stereocenters. The Hall–Kier alpha value is -1.58. The molecule has 2 N–H and O–H groups in total. The highest BCUT2D eigenvalue weighted by Crippen LogP contribution is 2.28. The van der Waals surface area contributed by atoms with E-state index in [0.29, 0.717) is 12.8 Å². The van der Waals surface area contributed by atoms with E-state index >= 15 is 0 Å². The molecule has 0 aliphatic heterocycles. The molecule has 4 nitrogen and oxygen atoms in total. The van der Waals surface area contributed by atoms with Crippen LogP contribution >= 0.6 is 0 Å². The summed E-state index contributed by atoms with van der Waals surface area (Å²) >= 11 is 0. The number of carbonyl (C=O) groups is 2. The summed E-state index contributed by atoms with van der Waals surface area (Å²) in [5, 5.41) is 17.6. The van der Waals surface area contributed by atoms with Crippen LogP contribution in [-0.2, 0) is 9.59 Å². The molecule has 0 aliphatic rings. The molecule has 0 aromatic rings. The smallest absolute Gasteiger partial charge is 0.317 e. The first-order valence-corrected chi connectivity index (χ1v) is 6.21. The van der Waals surface area contributed by atoms with Gasteiger partial charge in [-0.05, 0) is 12.8 Å². The number of rotatable bonds is 11. The van der Waals surface area contributed by atoms with Gasteiger partial charge < -0.3 is 10.2 Å². The minimum atomic E-state index is -1.03. The molecular weight excluding hydrogens is 232 g/mol. The Morgan fingerprint density at radius 3 is 1.89 bits per heavy atom. The molecule has 18 heavy (non-hydrogen) atoms. The second kappa shape index (κ2) is 8.50. The van der Waals surface area contributed by atoms with Gasteiger partial charge in [0.1, 0.15) is 5.41 Å². The highest BCUT2D eigenvalue weighted by atomic mass is 16.4. The van der Waals surface area contributed by atoms with E-state index in [-0.39, 0.29) is 6.42 Å². The van der Waals surface area contributed by atoms with E-state index in [4.69, 9.17) is 10.2 Å². The zero-order chi connectivity index (χ0) is 14.0. The van der Waals surface area contributed by atoms with Crippen LogP contribution in [0.1, 0.15) is 44.9 Å². The van der Waals surface area contributed by atoms with Gasteiger partial charge >= 0.3 is 11.9 Å². The fourth-order valence-corrected chi connectivity index (χ4v) is 1.79. The van der Waals surface area contributed by atoms with Gasteiger partial charge in [0.2, 0.25) is 0 Å². The molecule has 0 aromatic carbocycles. The molecule has 0 saturated carbocycles. The van der Waals surface area contributed by atoms with E-state index in [9.17, 15) is 9.59 Å². The van der Waals surface area contributed by atoms with E-state index in [2.05, 4.69) is 13.2 Å². The summed E-state index contributed by atoms with van der Waals surface area (Å²) in [7, 11) is 0. The number of carboxylic acids is 2. The van der Waals surface area contributed by atoms with Crippen LogP contribution in [0, 0.1) is 5.41 Å². The Bertz CT molecular complexity index is 299. The van der Waals surface area contributed by atoms with Gasteiger partial charge in [-0.25, -0.2) is 0 Å². The van der Waals surface area contributed by atoms with Crippen LogP contribution in [0.4, 0.5) is 0 Å². The van der Waals surface area contributed by atoms with Crippen molar-refractivity contribution in [1.29, 1.82) is 0 Å². The third-order valence-electron chi connectivity index (χ3n) is 3.11. The summed E-state index contributed by atoms with van der Waals surface area (Å²) in [5.41, 5.74) is -1.03. The Labute approximate surface area is 108 Å². The first kappa shape index (κ1) is 16.4. The van der Waals surface area contributed by atoms with Crippen LogP contribution < -0.4 is 0 Å². The highest BCUT2D eigenvalue weighted by Gasteiger charge is 2.30. The molecule has 0 saturated heterocycles. The Morgan fingerprint density at radius 1 is 0.944 bits per heavy atom. The summed E-state index contributed by atoms with van der Waals surface area (Å²) in [5.74, 6) is -1.68. The van der Waals surface area contributed by atoms with Crippen molar-refractivity contribution in [3.05, 3.63) is 25.3 Å². The molecular formula is C14H22O4. The zero-order valence-electron chi connectivity index (χ0n) is 10.7. The zero-order valence-corrected chi connectivity index (χ0v) is 10.7. The van der Waals surface area contributed by atoms with Crippen LogP contribution in [0.15, 0.2) is 25.3 Å². The lowest BCUT2D eigenvalue weighted by Crippen LogP contribution is -2.25. The van der Waals surface area contributed by atoms with E-state index in [1.54, 1.807) is 0 Å². The van der Waals surface area contributed by atoms with Gasteiger partial charge in [0.25, 0.3) is 0 Å². The number of carboxylic acid groups (broad SMARTS) is 2. The van der Waals surface area contributed by atoms with Crippen LogP contribution in [-0.4, -0.2) is 22.2 Å². The third kappa shape index (κ3) is 5.66. The predicted molar refractivity (Wildman–Crippen MR) is 70.4 cm³/mol. The second-order valence-electron chi connectivity index (χ2n) is 4.42. The van der Waals surface area contributed by atoms with Crippen molar-refractivity contribution in [1.82, 2.24) is 0 Å². The maximum atomic E-state index is 11.1. The number of unbranched alkanes of at least 4 members (excludes halogenated alkanes) is 4. The van der Waals surface area contributed by atoms with Crippen molar-refractivity contribution in [2.24, 2.45) is 5.41 Å². The fourth-order valence-electron chi connectivity index (χ4n) is 1.79. The molecule has 0 radical (unpaired) electrons. The third-order valence-corrected chi connectivity index (χ3v) is 3.11. The van der Waals surface area contributed by atoms with E-state index in [0.717, 1.165) is 25.7 Å². The molecule has 0 aliphatic carbocycles. The van der Waals surface area contributed by atoms with Crippen LogP contribution in [0.25, 0.3) is 0 Å². The van der Waals surface area contributed by atoms with Crippen molar-refractivity contribution in [3.8, 4) is 0 Å². The first-order valence-electron chi connectivity index (χ1n) is 6.21. The van der Waals surface area contributed by atoms with Gasteiger partial charge in [-0.15, -0.1) is 13.2 Å². The average molecular weight is 254 g/mol. The maximum Gasteiger partial charge on any atom is 0.317 e. The van der Waals surface area contributed by atoms with E-state index < -0.39 is 17.4 Å². The van der Waals surface area contributed by atoms with Gasteiger partial charge in [0, 0.05) is 6.42 Å². The summed E-state index contributed by atoms with van der Waals surface area (Å²) in [4.78, 5) is 21.4. The largest absolute Gasteiger partial charge is 0.481 e. The molecule has 0 amide bonds. The van der Waals surface area contributed by atoms with Crippen molar-refractivity contribution < 1.29 is 19.8 Å². The predicted octanol–water partition coefficient (Wildman–Crippen LogP) is 3.24. The molecule has 0 atom stereocenters. The first-order chi connectivity index (χ1) is 8.48. The van der Waals surface area contributed by atoms with Gasteiger partial charge in [0.05, 0.1) is 0 Å². The molecule has 4 heteroatoms. The van der Waals surface area contributed by atoms with Crippen LogP contribution in [0.3, 0.4) is 0 Å². The highest BCUT2D eigenvalue weighted by molar-refractivity contribution is 5.79. The molecule has 0 heterocycles. The van der Waals surface area contributed by atoms with E-state index in [1.165, 1.54) is 12.2 Å². The molecule has 0 aromatic heterocycles. The van der Waals surface area contributed by atoms with Crippen molar-refractivity contribution >= 4 is 11.9 Å². The van der Waals surface area contributed by atoms with E-state index in [1.807, 2.05) is 0 Å². The Morgan fingerprint density at radius 2 is 1.44 bits per heavy atom. The lowest BCUT2D eigenvalue weighted by molar-refractivity contribution is -0.144. The van der Waals surface area contributed by atoms with Gasteiger partial charge in [-0.1, -0.05) is 37.8 Å². The molecule has 0 bridgehead atoms. The lowest BCUT2D eigenvalue weighted by Gasteiger charge is -2.21. The SMILES string of the molecule is C=CC(C=C)(CCCCCCCC(=O)O)C(=O)O. The normalized spacial score (nSPS) is 10.9. The quantitative estimate of drug-likeness (QED) is 0.438. The van der Waals surface area contributed by atoms with Crippen LogP contribution in [0.5, 0.6) is 0 Å². The van der Waals surface area contributed by atoms with Crippen molar-refractivity contribution in [2.75, 3.05) is 0 Å². The Kier molecular flexibility index (Phi) is 7.76. The van der Waals surface area contributed by atoms with Gasteiger partial charge in [0.15, 0.2) is 0 Å². The summed E-state index contributed by atoms with van der Waals surface area (Å²) < 4.78 is 0. The monoisotopic (exact) mass is 254 g/mol. The topological polar surface area (TPSA) is 74.6 Å². The average Bonchev–Trinajstić information content (AvgIpc) is 2.32. The maximum absolute atomic E-state index is 11.1. The molecule has 102 valence electrons. The van der Waals surface area contributed by atoms with Crippen molar-refractivity contribution in [2.45, 2.75) is 44.9 Å². The molecule has 0 rings (SSSR count). The minimum Gasteiger partial charge on any atom is -0.481 e. The minimum absolute atomic E-state index is 0.207. The summed E-state index contributed by atoms with van der Waals surface area (Å²) in [6.07, 6.45) is 7.70. The molecule has 0 fully saturated rings. The Balaban J connectivity index is 3.82. The second-order valence-corrected chi connectivity index (χ2v) is 4.42. The number of hydrogen-bond donors (Lipinski definition) is 2. The lowest BCUT2D eigenvalue weighted by atomic mass is 9.83. The number of hydrogen-bond acceptors (Lipinski definition) is 2. The summed E-state index contributed by atoms with van der Waals surface area (Å²) in [6, 6.07) is 0. The van der Waals surface area contributed by atoms with Crippen LogP contribution in [0.2, 0.25) is 0 Å². The summed E-state index contributed by atoms with van der Waals surface area (Å²) in [6.45, 7) is 7.11. The van der Waals surface area contributed by atoms with Crippen molar-refractivity contribution in [3.63, 3.8) is 0 Å². The fraction of sp³-hybridized carbons (Fsp3) is 0.571. The van der Waals surface area contributed by atoms with Gasteiger partial charge in [-0.3, -0.25) is 9.59 Å². The standard InChI is InChI=1S/C14H22O4/c1-3-14(4-2,13(17)18)11-9-7-5-6-8-10-12(15)16/h3-4H,1-2,5-11H2,(H,15,16)(H,17,18). The van der Waals surface area contributed by atoms with Gasteiger partial charge in [-0.2, -0.15) is 0 Å². The molecule has 0 spiro atoms.